The second-order valence-electron chi connectivity index (χ2n) is 6.42. The minimum absolute atomic E-state index is 0.0814. The standard InChI is InChI=1S/C14H22F3N3O4/c1-12(2,8-21)9-7-10(24-20-9)19-11(22)13(3,4)18-5-6-23-14(15,16)17/h7,18,21H,5-6,8H2,1-4H3,(H,19,22). The number of nitrogens with zero attached hydrogens (tertiary/aromatic N) is 1. The van der Waals surface area contributed by atoms with Crippen molar-refractivity contribution in [3.05, 3.63) is 11.8 Å². The Morgan fingerprint density at radius 1 is 1.33 bits per heavy atom. The van der Waals surface area contributed by atoms with Crippen LogP contribution in [-0.2, 0) is 14.9 Å². The highest BCUT2D eigenvalue weighted by molar-refractivity contribution is 5.96. The van der Waals surface area contributed by atoms with Crippen molar-refractivity contribution in [3.8, 4) is 0 Å². The van der Waals surface area contributed by atoms with Crippen molar-refractivity contribution >= 4 is 11.8 Å². The van der Waals surface area contributed by atoms with Crippen LogP contribution in [0.5, 0.6) is 0 Å². The van der Waals surface area contributed by atoms with Gasteiger partial charge in [-0.25, -0.2) is 0 Å². The smallest absolute Gasteiger partial charge is 0.395 e. The number of amides is 1. The Morgan fingerprint density at radius 2 is 1.96 bits per heavy atom. The topological polar surface area (TPSA) is 96.6 Å². The van der Waals surface area contributed by atoms with Gasteiger partial charge in [0.15, 0.2) is 0 Å². The molecule has 3 N–H and O–H groups in total. The van der Waals surface area contributed by atoms with Crippen molar-refractivity contribution in [2.24, 2.45) is 0 Å². The molecule has 0 spiro atoms. The van der Waals surface area contributed by atoms with E-state index < -0.39 is 29.8 Å². The van der Waals surface area contributed by atoms with E-state index in [1.165, 1.54) is 19.9 Å². The first-order valence-electron chi connectivity index (χ1n) is 7.22. The van der Waals surface area contributed by atoms with Gasteiger partial charge < -0.3 is 14.9 Å². The summed E-state index contributed by atoms with van der Waals surface area (Å²) in [6, 6.07) is 1.48. The molecular formula is C14H22F3N3O4. The van der Waals surface area contributed by atoms with Gasteiger partial charge in [0.05, 0.1) is 24.4 Å². The summed E-state index contributed by atoms with van der Waals surface area (Å²) in [4.78, 5) is 12.2. The number of hydrogen-bond donors (Lipinski definition) is 3. The van der Waals surface area contributed by atoms with Crippen LogP contribution in [-0.4, -0.2) is 47.8 Å². The molecule has 10 heteroatoms. The van der Waals surface area contributed by atoms with E-state index in [4.69, 9.17) is 4.52 Å². The van der Waals surface area contributed by atoms with Gasteiger partial charge in [-0.1, -0.05) is 19.0 Å². The summed E-state index contributed by atoms with van der Waals surface area (Å²) < 4.78 is 44.3. The molecule has 7 nitrogen and oxygen atoms in total. The van der Waals surface area contributed by atoms with Crippen LogP contribution in [0.25, 0.3) is 0 Å². The average molecular weight is 353 g/mol. The molecule has 138 valence electrons. The number of carbonyl (C=O) groups is 1. The third kappa shape index (κ3) is 6.10. The van der Waals surface area contributed by atoms with Gasteiger partial charge >= 0.3 is 6.36 Å². The Labute approximate surface area is 137 Å². The SMILES string of the molecule is CC(C)(NCCOC(F)(F)F)C(=O)Nc1cc(C(C)(C)CO)no1. The zero-order valence-corrected chi connectivity index (χ0v) is 14.0. The van der Waals surface area contributed by atoms with E-state index >= 15 is 0 Å². The quantitative estimate of drug-likeness (QED) is 0.617. The van der Waals surface area contributed by atoms with Gasteiger partial charge in [0.2, 0.25) is 11.8 Å². The summed E-state index contributed by atoms with van der Waals surface area (Å²) in [5, 5.41) is 18.2. The number of hydrogen-bond acceptors (Lipinski definition) is 6. The highest BCUT2D eigenvalue weighted by atomic mass is 19.4. The number of aliphatic hydroxyl groups excluding tert-OH is 1. The molecule has 0 aromatic carbocycles. The van der Waals surface area contributed by atoms with E-state index in [9.17, 15) is 23.1 Å². The van der Waals surface area contributed by atoms with Crippen LogP contribution in [0.15, 0.2) is 10.6 Å². The number of alkyl halides is 3. The molecule has 1 aromatic rings. The normalized spacial score (nSPS) is 13.2. The molecule has 0 bridgehead atoms. The number of halogens is 3. The molecule has 1 heterocycles. The van der Waals surface area contributed by atoms with E-state index in [-0.39, 0.29) is 19.0 Å². The van der Waals surface area contributed by atoms with Gasteiger partial charge in [0.25, 0.3) is 0 Å². The van der Waals surface area contributed by atoms with Crippen LogP contribution in [0.1, 0.15) is 33.4 Å². The molecule has 1 amide bonds. The van der Waals surface area contributed by atoms with Crippen LogP contribution in [0, 0.1) is 0 Å². The number of carbonyl (C=O) groups excluding carboxylic acids is 1. The lowest BCUT2D eigenvalue weighted by Crippen LogP contribution is -2.51. The second-order valence-corrected chi connectivity index (χ2v) is 6.42. The fourth-order valence-corrected chi connectivity index (χ4v) is 1.61. The van der Waals surface area contributed by atoms with Gasteiger partial charge in [-0.3, -0.25) is 14.8 Å². The first kappa shape index (κ1) is 20.4. The number of anilines is 1. The molecule has 0 aliphatic heterocycles. The Bertz CT molecular complexity index is 556. The average Bonchev–Trinajstić information content (AvgIpc) is 2.92. The molecular weight excluding hydrogens is 331 g/mol. The lowest BCUT2D eigenvalue weighted by atomic mass is 9.91. The molecule has 0 aliphatic rings. The van der Waals surface area contributed by atoms with Crippen molar-refractivity contribution in [2.45, 2.75) is 45.0 Å². The summed E-state index contributed by atoms with van der Waals surface area (Å²) >= 11 is 0. The zero-order chi connectivity index (χ0) is 18.6. The molecule has 0 unspecified atom stereocenters. The Kier molecular flexibility index (Phi) is 6.37. The lowest BCUT2D eigenvalue weighted by Gasteiger charge is -2.24. The number of rotatable bonds is 8. The largest absolute Gasteiger partial charge is 0.522 e. The maximum atomic E-state index is 12.2. The van der Waals surface area contributed by atoms with Gasteiger partial charge in [-0.2, -0.15) is 0 Å². The Hall–Kier alpha value is -1.65. The molecule has 1 aromatic heterocycles. The molecule has 1 rings (SSSR count). The van der Waals surface area contributed by atoms with Crippen LogP contribution >= 0.6 is 0 Å². The summed E-state index contributed by atoms with van der Waals surface area (Å²) in [7, 11) is 0. The molecule has 0 fully saturated rings. The molecule has 0 atom stereocenters. The van der Waals surface area contributed by atoms with Crippen molar-refractivity contribution in [2.75, 3.05) is 25.1 Å². The van der Waals surface area contributed by atoms with Gasteiger partial charge in [-0.05, 0) is 13.8 Å². The summed E-state index contributed by atoms with van der Waals surface area (Å²) in [5.41, 5.74) is -1.33. The Morgan fingerprint density at radius 3 is 2.50 bits per heavy atom. The molecule has 0 radical (unpaired) electrons. The zero-order valence-electron chi connectivity index (χ0n) is 14.0. The number of aliphatic hydroxyl groups is 1. The highest BCUT2D eigenvalue weighted by Gasteiger charge is 2.31. The third-order valence-electron chi connectivity index (χ3n) is 3.34. The number of nitrogens with one attached hydrogen (secondary N) is 2. The number of aromatic nitrogens is 1. The van der Waals surface area contributed by atoms with E-state index in [1.54, 1.807) is 13.8 Å². The fourth-order valence-electron chi connectivity index (χ4n) is 1.61. The predicted molar refractivity (Wildman–Crippen MR) is 79.3 cm³/mol. The number of ether oxygens (including phenoxy) is 1. The minimum atomic E-state index is -4.70. The Balaban J connectivity index is 2.57. The van der Waals surface area contributed by atoms with E-state index in [0.717, 1.165) is 0 Å². The fraction of sp³-hybridized carbons (Fsp3) is 0.714. The van der Waals surface area contributed by atoms with Crippen molar-refractivity contribution in [1.82, 2.24) is 10.5 Å². The van der Waals surface area contributed by atoms with Crippen LogP contribution < -0.4 is 10.6 Å². The van der Waals surface area contributed by atoms with Gasteiger partial charge in [-0.15, -0.1) is 13.2 Å². The summed E-state index contributed by atoms with van der Waals surface area (Å²) in [6.45, 7) is 5.58. The predicted octanol–water partition coefficient (Wildman–Crippen LogP) is 1.79. The van der Waals surface area contributed by atoms with Crippen molar-refractivity contribution in [1.29, 1.82) is 0 Å². The maximum absolute atomic E-state index is 12.2. The first-order chi connectivity index (χ1) is 10.9. The molecule has 24 heavy (non-hydrogen) atoms. The monoisotopic (exact) mass is 353 g/mol. The molecule has 0 aliphatic carbocycles. The van der Waals surface area contributed by atoms with Crippen molar-refractivity contribution < 1.29 is 32.3 Å². The summed E-state index contributed by atoms with van der Waals surface area (Å²) in [6.07, 6.45) is -4.70. The third-order valence-corrected chi connectivity index (χ3v) is 3.34. The van der Waals surface area contributed by atoms with Gasteiger partial charge in [0.1, 0.15) is 0 Å². The van der Waals surface area contributed by atoms with Crippen LogP contribution in [0.3, 0.4) is 0 Å². The van der Waals surface area contributed by atoms with Crippen LogP contribution in [0.4, 0.5) is 19.1 Å². The summed E-state index contributed by atoms with van der Waals surface area (Å²) in [5.74, 6) is -0.433. The maximum Gasteiger partial charge on any atom is 0.522 e. The van der Waals surface area contributed by atoms with E-state index in [0.29, 0.717) is 5.69 Å². The lowest BCUT2D eigenvalue weighted by molar-refractivity contribution is -0.323. The molecule has 0 saturated carbocycles. The minimum Gasteiger partial charge on any atom is -0.395 e. The van der Waals surface area contributed by atoms with Gasteiger partial charge in [0, 0.05) is 18.0 Å². The highest BCUT2D eigenvalue weighted by Crippen LogP contribution is 2.24. The second kappa shape index (κ2) is 7.49. The van der Waals surface area contributed by atoms with E-state index in [2.05, 4.69) is 20.5 Å². The molecule has 0 saturated heterocycles. The first-order valence-corrected chi connectivity index (χ1v) is 7.22. The van der Waals surface area contributed by atoms with E-state index in [1.807, 2.05) is 0 Å². The van der Waals surface area contributed by atoms with Crippen LogP contribution in [0.2, 0.25) is 0 Å². The van der Waals surface area contributed by atoms with Crippen molar-refractivity contribution in [3.63, 3.8) is 0 Å².